The SMILES string of the molecule is CC(C)(C)OC(=O)N1CC(O)(CC#N)C1. The maximum atomic E-state index is 11.4. The summed E-state index contributed by atoms with van der Waals surface area (Å²) in [5.74, 6) is 0. The minimum absolute atomic E-state index is 0.0479. The lowest BCUT2D eigenvalue weighted by Crippen LogP contribution is -2.63. The first-order valence-corrected chi connectivity index (χ1v) is 4.83. The number of β-amino-alcohol motifs (C(OH)–C–C–N with tert-alkyl or cyclic N) is 1. The van der Waals surface area contributed by atoms with E-state index < -0.39 is 17.3 Å². The number of amides is 1. The fourth-order valence-electron chi connectivity index (χ4n) is 1.38. The number of ether oxygens (including phenoxy) is 1. The topological polar surface area (TPSA) is 73.6 Å². The molecule has 1 fully saturated rings. The van der Waals surface area contributed by atoms with Gasteiger partial charge in [-0.1, -0.05) is 0 Å². The van der Waals surface area contributed by atoms with Gasteiger partial charge in [0, 0.05) is 0 Å². The van der Waals surface area contributed by atoms with Crippen LogP contribution in [0, 0.1) is 11.3 Å². The molecule has 0 aliphatic carbocycles. The van der Waals surface area contributed by atoms with E-state index in [1.165, 1.54) is 4.90 Å². The van der Waals surface area contributed by atoms with Crippen molar-refractivity contribution in [2.75, 3.05) is 13.1 Å². The average Bonchev–Trinajstić information content (AvgIpc) is 1.96. The highest BCUT2D eigenvalue weighted by Gasteiger charge is 2.44. The summed E-state index contributed by atoms with van der Waals surface area (Å²) in [4.78, 5) is 12.8. The number of carbonyl (C=O) groups is 1. The van der Waals surface area contributed by atoms with Gasteiger partial charge in [-0.3, -0.25) is 0 Å². The standard InChI is InChI=1S/C10H16N2O3/c1-9(2,3)15-8(13)12-6-10(14,7-12)4-5-11/h14H,4,6-7H2,1-3H3. The van der Waals surface area contributed by atoms with E-state index in [1.807, 2.05) is 6.07 Å². The predicted molar refractivity (Wildman–Crippen MR) is 53.0 cm³/mol. The molecule has 15 heavy (non-hydrogen) atoms. The highest BCUT2D eigenvalue weighted by Crippen LogP contribution is 2.25. The van der Waals surface area contributed by atoms with Gasteiger partial charge in [0.2, 0.25) is 0 Å². The van der Waals surface area contributed by atoms with Crippen molar-refractivity contribution in [3.05, 3.63) is 0 Å². The number of carbonyl (C=O) groups excluding carboxylic acids is 1. The molecule has 84 valence electrons. The quantitative estimate of drug-likeness (QED) is 0.700. The molecule has 1 aliphatic rings. The Morgan fingerprint density at radius 2 is 2.13 bits per heavy atom. The van der Waals surface area contributed by atoms with Gasteiger partial charge < -0.3 is 14.7 Å². The first kappa shape index (κ1) is 11.8. The third-order valence-corrected chi connectivity index (χ3v) is 2.03. The zero-order valence-corrected chi connectivity index (χ0v) is 9.28. The number of hydrogen-bond donors (Lipinski definition) is 1. The van der Waals surface area contributed by atoms with Gasteiger partial charge in [-0.05, 0) is 20.8 Å². The number of nitrogens with zero attached hydrogens (tertiary/aromatic N) is 2. The molecule has 0 radical (unpaired) electrons. The Labute approximate surface area is 89.2 Å². The van der Waals surface area contributed by atoms with Crippen molar-refractivity contribution < 1.29 is 14.6 Å². The maximum absolute atomic E-state index is 11.4. The van der Waals surface area contributed by atoms with Gasteiger partial charge in [-0.25, -0.2) is 4.79 Å². The van der Waals surface area contributed by atoms with E-state index in [9.17, 15) is 9.90 Å². The molecule has 1 saturated heterocycles. The Morgan fingerprint density at radius 3 is 2.53 bits per heavy atom. The number of nitriles is 1. The van der Waals surface area contributed by atoms with Crippen molar-refractivity contribution in [3.63, 3.8) is 0 Å². The lowest BCUT2D eigenvalue weighted by molar-refractivity contribution is -0.0949. The van der Waals surface area contributed by atoms with E-state index >= 15 is 0 Å². The van der Waals surface area contributed by atoms with Crippen molar-refractivity contribution >= 4 is 6.09 Å². The van der Waals surface area contributed by atoms with Gasteiger partial charge in [0.15, 0.2) is 0 Å². The van der Waals surface area contributed by atoms with Crippen LogP contribution in [0.25, 0.3) is 0 Å². The molecule has 1 N–H and O–H groups in total. The molecule has 0 saturated carbocycles. The van der Waals surface area contributed by atoms with Gasteiger partial charge >= 0.3 is 6.09 Å². The molecule has 1 heterocycles. The molecule has 1 rings (SSSR count). The van der Waals surface area contributed by atoms with E-state index in [0.29, 0.717) is 0 Å². The zero-order chi connectivity index (χ0) is 11.7. The number of hydrogen-bond acceptors (Lipinski definition) is 4. The Morgan fingerprint density at radius 1 is 1.60 bits per heavy atom. The van der Waals surface area contributed by atoms with E-state index in [-0.39, 0.29) is 19.5 Å². The summed E-state index contributed by atoms with van der Waals surface area (Å²) in [5, 5.41) is 18.1. The van der Waals surface area contributed by atoms with Crippen LogP contribution in [0.15, 0.2) is 0 Å². The lowest BCUT2D eigenvalue weighted by Gasteiger charge is -2.45. The summed E-state index contributed by atoms with van der Waals surface area (Å²) in [6, 6.07) is 1.89. The van der Waals surface area contributed by atoms with Crippen LogP contribution in [-0.4, -0.2) is 40.4 Å². The third kappa shape index (κ3) is 3.10. The molecule has 1 aliphatic heterocycles. The molecular formula is C10H16N2O3. The highest BCUT2D eigenvalue weighted by atomic mass is 16.6. The predicted octanol–water partition coefficient (Wildman–Crippen LogP) is 0.882. The third-order valence-electron chi connectivity index (χ3n) is 2.03. The van der Waals surface area contributed by atoms with E-state index in [2.05, 4.69) is 0 Å². The van der Waals surface area contributed by atoms with E-state index in [1.54, 1.807) is 20.8 Å². The van der Waals surface area contributed by atoms with Crippen LogP contribution >= 0.6 is 0 Å². The van der Waals surface area contributed by atoms with Gasteiger partial charge in [0.05, 0.1) is 25.6 Å². The molecule has 5 nitrogen and oxygen atoms in total. The summed E-state index contributed by atoms with van der Waals surface area (Å²) in [7, 11) is 0. The minimum Gasteiger partial charge on any atom is -0.444 e. The Bertz CT molecular complexity index is 295. The number of rotatable bonds is 1. The first-order valence-electron chi connectivity index (χ1n) is 4.83. The van der Waals surface area contributed by atoms with Gasteiger partial charge in [-0.2, -0.15) is 5.26 Å². The molecule has 0 bridgehead atoms. The van der Waals surface area contributed by atoms with E-state index in [0.717, 1.165) is 0 Å². The van der Waals surface area contributed by atoms with Crippen LogP contribution in [0.1, 0.15) is 27.2 Å². The molecule has 0 aromatic carbocycles. The second-order valence-electron chi connectivity index (χ2n) is 4.90. The fraction of sp³-hybridized carbons (Fsp3) is 0.800. The summed E-state index contributed by atoms with van der Waals surface area (Å²) in [5.41, 5.74) is -1.56. The van der Waals surface area contributed by atoms with Crippen molar-refractivity contribution in [3.8, 4) is 6.07 Å². The summed E-state index contributed by atoms with van der Waals surface area (Å²) >= 11 is 0. The normalized spacial score (nSPS) is 19.0. The Balaban J connectivity index is 2.40. The van der Waals surface area contributed by atoms with Crippen molar-refractivity contribution in [2.24, 2.45) is 0 Å². The molecule has 0 unspecified atom stereocenters. The molecule has 0 atom stereocenters. The van der Waals surface area contributed by atoms with Crippen molar-refractivity contribution in [1.82, 2.24) is 4.90 Å². The van der Waals surface area contributed by atoms with Crippen LogP contribution in [-0.2, 0) is 4.74 Å². The summed E-state index contributed by atoms with van der Waals surface area (Å²) in [6.45, 7) is 5.70. The summed E-state index contributed by atoms with van der Waals surface area (Å²) in [6.07, 6.45) is -0.392. The van der Waals surface area contributed by atoms with Crippen LogP contribution in [0.3, 0.4) is 0 Å². The second-order valence-corrected chi connectivity index (χ2v) is 4.90. The monoisotopic (exact) mass is 212 g/mol. The number of aliphatic hydroxyl groups is 1. The second kappa shape index (κ2) is 3.70. The van der Waals surface area contributed by atoms with Crippen LogP contribution in [0.2, 0.25) is 0 Å². The van der Waals surface area contributed by atoms with Crippen LogP contribution in [0.4, 0.5) is 4.79 Å². The summed E-state index contributed by atoms with van der Waals surface area (Å²) < 4.78 is 5.11. The van der Waals surface area contributed by atoms with Gasteiger partial charge in [0.1, 0.15) is 11.2 Å². The van der Waals surface area contributed by atoms with E-state index in [4.69, 9.17) is 10.00 Å². The maximum Gasteiger partial charge on any atom is 0.410 e. The zero-order valence-electron chi connectivity index (χ0n) is 9.28. The Kier molecular flexibility index (Phi) is 2.91. The van der Waals surface area contributed by atoms with Crippen molar-refractivity contribution in [1.29, 1.82) is 5.26 Å². The first-order chi connectivity index (χ1) is 6.76. The molecule has 5 heteroatoms. The molecule has 1 amide bonds. The smallest absolute Gasteiger partial charge is 0.410 e. The van der Waals surface area contributed by atoms with Crippen LogP contribution in [0.5, 0.6) is 0 Å². The number of likely N-dealkylation sites (tertiary alicyclic amines) is 1. The largest absolute Gasteiger partial charge is 0.444 e. The average molecular weight is 212 g/mol. The van der Waals surface area contributed by atoms with Gasteiger partial charge in [0.25, 0.3) is 0 Å². The molecule has 0 aromatic heterocycles. The lowest BCUT2D eigenvalue weighted by atomic mass is 9.92. The highest BCUT2D eigenvalue weighted by molar-refractivity contribution is 5.69. The molecular weight excluding hydrogens is 196 g/mol. The van der Waals surface area contributed by atoms with Crippen molar-refractivity contribution in [2.45, 2.75) is 38.4 Å². The molecule has 0 aromatic rings. The molecule has 0 spiro atoms. The Hall–Kier alpha value is -1.28. The minimum atomic E-state index is -1.04. The fourth-order valence-corrected chi connectivity index (χ4v) is 1.38. The van der Waals surface area contributed by atoms with Gasteiger partial charge in [-0.15, -0.1) is 0 Å². The van der Waals surface area contributed by atoms with Crippen LogP contribution < -0.4 is 0 Å².